The highest BCUT2D eigenvalue weighted by Gasteiger charge is 2.14. The van der Waals surface area contributed by atoms with Crippen molar-refractivity contribution >= 4 is 34.7 Å². The maximum Gasteiger partial charge on any atom is 0.249 e. The molecule has 0 saturated heterocycles. The fourth-order valence-electron chi connectivity index (χ4n) is 2.08. The van der Waals surface area contributed by atoms with Crippen molar-refractivity contribution in [3.63, 3.8) is 0 Å². The van der Waals surface area contributed by atoms with Crippen LogP contribution < -0.4 is 15.4 Å². The summed E-state index contributed by atoms with van der Waals surface area (Å²) < 4.78 is 45.2. The first-order valence-corrected chi connectivity index (χ1v) is 7.56. The minimum absolute atomic E-state index is 0.124. The molecule has 0 radical (unpaired) electrons. The summed E-state index contributed by atoms with van der Waals surface area (Å²) in [5.41, 5.74) is 0.189. The minimum atomic E-state index is -1.60. The Morgan fingerprint density at radius 2 is 1.81 bits per heavy atom. The van der Waals surface area contributed by atoms with Gasteiger partial charge >= 0.3 is 0 Å². The Bertz CT molecular complexity index is 957. The van der Waals surface area contributed by atoms with Crippen LogP contribution in [-0.4, -0.2) is 22.3 Å². The quantitative estimate of drug-likeness (QED) is 0.637. The van der Waals surface area contributed by atoms with E-state index in [2.05, 4.69) is 25.8 Å². The van der Waals surface area contributed by atoms with Crippen LogP contribution in [0.4, 0.5) is 36.3 Å². The summed E-state index contributed by atoms with van der Waals surface area (Å²) in [5, 5.41) is 13.2. The molecule has 134 valence electrons. The predicted octanol–water partition coefficient (Wildman–Crippen LogP) is 4.44. The molecule has 0 unspecified atom stereocenters. The first-order valence-electron chi connectivity index (χ1n) is 7.18. The van der Waals surface area contributed by atoms with E-state index in [1.54, 1.807) is 18.2 Å². The molecule has 26 heavy (non-hydrogen) atoms. The van der Waals surface area contributed by atoms with Gasteiger partial charge in [-0.15, -0.1) is 5.10 Å². The Balaban J connectivity index is 1.85. The number of rotatable bonds is 5. The molecule has 0 amide bonds. The lowest BCUT2D eigenvalue weighted by atomic mass is 10.3. The maximum atomic E-state index is 13.7. The van der Waals surface area contributed by atoms with E-state index >= 15 is 0 Å². The van der Waals surface area contributed by atoms with Crippen LogP contribution in [0.3, 0.4) is 0 Å². The van der Waals surface area contributed by atoms with Gasteiger partial charge in [-0.05, 0) is 30.3 Å². The average molecular weight is 382 g/mol. The van der Waals surface area contributed by atoms with Gasteiger partial charge in [0.2, 0.25) is 5.95 Å². The normalized spacial score (nSPS) is 10.5. The first-order chi connectivity index (χ1) is 12.5. The molecule has 1 heterocycles. The van der Waals surface area contributed by atoms with E-state index in [-0.39, 0.29) is 17.5 Å². The van der Waals surface area contributed by atoms with E-state index in [9.17, 15) is 13.2 Å². The highest BCUT2D eigenvalue weighted by atomic mass is 35.5. The van der Waals surface area contributed by atoms with Crippen LogP contribution in [0.15, 0.2) is 36.5 Å². The van der Waals surface area contributed by atoms with Crippen molar-refractivity contribution in [3.05, 3.63) is 59.0 Å². The zero-order chi connectivity index (χ0) is 18.7. The third-order valence-electron chi connectivity index (χ3n) is 3.26. The molecule has 10 heteroatoms. The Kier molecular flexibility index (Phi) is 5.08. The molecular formula is C16H11ClF3N5O. The molecule has 0 fully saturated rings. The summed E-state index contributed by atoms with van der Waals surface area (Å²) in [6.45, 7) is 0. The Labute approximate surface area is 151 Å². The van der Waals surface area contributed by atoms with Crippen LogP contribution in [0.25, 0.3) is 0 Å². The van der Waals surface area contributed by atoms with Crippen molar-refractivity contribution in [2.45, 2.75) is 0 Å². The van der Waals surface area contributed by atoms with E-state index in [0.29, 0.717) is 16.5 Å². The van der Waals surface area contributed by atoms with E-state index in [1.807, 2.05) is 0 Å². The van der Waals surface area contributed by atoms with Crippen molar-refractivity contribution in [2.75, 3.05) is 17.7 Å². The Morgan fingerprint density at radius 1 is 1.00 bits per heavy atom. The van der Waals surface area contributed by atoms with E-state index in [4.69, 9.17) is 16.3 Å². The average Bonchev–Trinajstić information content (AvgIpc) is 2.63. The molecule has 0 spiro atoms. The van der Waals surface area contributed by atoms with Crippen molar-refractivity contribution in [3.8, 4) is 5.75 Å². The fraction of sp³-hybridized carbons (Fsp3) is 0.0625. The largest absolute Gasteiger partial charge is 0.495 e. The zero-order valence-electron chi connectivity index (χ0n) is 13.2. The topological polar surface area (TPSA) is 72.0 Å². The van der Waals surface area contributed by atoms with Gasteiger partial charge in [0.05, 0.1) is 24.7 Å². The van der Waals surface area contributed by atoms with Crippen LogP contribution in [0.1, 0.15) is 0 Å². The molecule has 0 bridgehead atoms. The van der Waals surface area contributed by atoms with Crippen LogP contribution in [0, 0.1) is 17.5 Å². The lowest BCUT2D eigenvalue weighted by Gasteiger charge is -2.11. The van der Waals surface area contributed by atoms with E-state index in [0.717, 1.165) is 12.1 Å². The zero-order valence-corrected chi connectivity index (χ0v) is 14.0. The van der Waals surface area contributed by atoms with Gasteiger partial charge in [0.1, 0.15) is 5.75 Å². The number of benzene rings is 2. The second kappa shape index (κ2) is 7.44. The summed E-state index contributed by atoms with van der Waals surface area (Å²) in [5.74, 6) is -3.65. The second-order valence-corrected chi connectivity index (χ2v) is 5.42. The summed E-state index contributed by atoms with van der Waals surface area (Å²) in [7, 11) is 1.49. The van der Waals surface area contributed by atoms with Crippen molar-refractivity contribution in [2.24, 2.45) is 0 Å². The van der Waals surface area contributed by atoms with Gasteiger partial charge < -0.3 is 15.4 Å². The number of ether oxygens (including phenoxy) is 1. The standard InChI is InChI=1S/C16H11ClF3N5O/c1-26-12-5-2-8(17)6-11(12)22-13-7-21-25-16(24-13)23-10-4-3-9(18)14(19)15(10)20/h2-7H,1H3,(H2,22,23,24,25). The Hall–Kier alpha value is -3.07. The van der Waals surface area contributed by atoms with Gasteiger partial charge in [-0.2, -0.15) is 10.1 Å². The van der Waals surface area contributed by atoms with Gasteiger partial charge in [-0.3, -0.25) is 0 Å². The van der Waals surface area contributed by atoms with Crippen molar-refractivity contribution in [1.82, 2.24) is 15.2 Å². The minimum Gasteiger partial charge on any atom is -0.495 e. The second-order valence-electron chi connectivity index (χ2n) is 4.98. The molecule has 0 aliphatic heterocycles. The number of hydrogen-bond acceptors (Lipinski definition) is 6. The third kappa shape index (κ3) is 3.77. The number of nitrogens with one attached hydrogen (secondary N) is 2. The fourth-order valence-corrected chi connectivity index (χ4v) is 2.25. The monoisotopic (exact) mass is 381 g/mol. The van der Waals surface area contributed by atoms with Gasteiger partial charge in [-0.1, -0.05) is 11.6 Å². The molecule has 2 aromatic carbocycles. The van der Waals surface area contributed by atoms with Gasteiger partial charge in [-0.25, -0.2) is 13.2 Å². The van der Waals surface area contributed by atoms with Crippen LogP contribution >= 0.6 is 11.6 Å². The summed E-state index contributed by atoms with van der Waals surface area (Å²) in [6, 6.07) is 6.74. The summed E-state index contributed by atoms with van der Waals surface area (Å²) >= 11 is 5.96. The number of hydrogen-bond donors (Lipinski definition) is 2. The summed E-state index contributed by atoms with van der Waals surface area (Å²) in [4.78, 5) is 4.08. The summed E-state index contributed by atoms with van der Waals surface area (Å²) in [6.07, 6.45) is 1.31. The van der Waals surface area contributed by atoms with Crippen LogP contribution in [0.2, 0.25) is 5.02 Å². The Morgan fingerprint density at radius 3 is 2.58 bits per heavy atom. The first kappa shape index (κ1) is 17.7. The molecule has 0 aliphatic rings. The molecule has 3 rings (SSSR count). The lowest BCUT2D eigenvalue weighted by Crippen LogP contribution is -2.05. The van der Waals surface area contributed by atoms with Gasteiger partial charge in [0, 0.05) is 5.02 Å². The third-order valence-corrected chi connectivity index (χ3v) is 3.50. The number of halogens is 4. The highest BCUT2D eigenvalue weighted by Crippen LogP contribution is 2.30. The molecule has 1 aromatic heterocycles. The highest BCUT2D eigenvalue weighted by molar-refractivity contribution is 6.31. The van der Waals surface area contributed by atoms with Crippen LogP contribution in [0.5, 0.6) is 5.75 Å². The molecule has 0 aliphatic carbocycles. The number of anilines is 4. The molecule has 6 nitrogen and oxygen atoms in total. The molecule has 3 aromatic rings. The van der Waals surface area contributed by atoms with Crippen LogP contribution in [-0.2, 0) is 0 Å². The van der Waals surface area contributed by atoms with Gasteiger partial charge in [0.25, 0.3) is 0 Å². The predicted molar refractivity (Wildman–Crippen MR) is 90.7 cm³/mol. The molecule has 2 N–H and O–H groups in total. The lowest BCUT2D eigenvalue weighted by molar-refractivity contribution is 0.417. The number of nitrogens with zero attached hydrogens (tertiary/aromatic N) is 3. The molecular weight excluding hydrogens is 371 g/mol. The maximum absolute atomic E-state index is 13.7. The molecule has 0 saturated carbocycles. The van der Waals surface area contributed by atoms with Crippen molar-refractivity contribution in [1.29, 1.82) is 0 Å². The van der Waals surface area contributed by atoms with Gasteiger partial charge in [0.15, 0.2) is 23.3 Å². The molecule has 0 atom stereocenters. The number of methoxy groups -OCH3 is 1. The number of aromatic nitrogens is 3. The van der Waals surface area contributed by atoms with E-state index < -0.39 is 17.5 Å². The van der Waals surface area contributed by atoms with E-state index in [1.165, 1.54) is 13.3 Å². The SMILES string of the molecule is COc1ccc(Cl)cc1Nc1cnnc(Nc2ccc(F)c(F)c2F)n1. The smallest absolute Gasteiger partial charge is 0.249 e. The van der Waals surface area contributed by atoms with Crippen molar-refractivity contribution < 1.29 is 17.9 Å².